The minimum atomic E-state index is 0.799. The monoisotopic (exact) mass is 258 g/mol. The van der Waals surface area contributed by atoms with E-state index in [2.05, 4.69) is 60.5 Å². The Hall–Kier alpha value is -1.44. The fraction of sp³-hybridized carbons (Fsp3) is 0.529. The Morgan fingerprint density at radius 1 is 1.11 bits per heavy atom. The molecule has 2 heteroatoms. The molecule has 2 rings (SSSR count). The summed E-state index contributed by atoms with van der Waals surface area (Å²) in [5, 5.41) is 3.56. The van der Waals surface area contributed by atoms with Gasteiger partial charge in [-0.05, 0) is 63.3 Å². The van der Waals surface area contributed by atoms with Gasteiger partial charge in [-0.3, -0.25) is 0 Å². The normalized spacial score (nSPS) is 18.3. The fourth-order valence-electron chi connectivity index (χ4n) is 2.68. The molecular weight excluding hydrogens is 232 g/mol. The highest BCUT2D eigenvalue weighted by atomic mass is 15.1. The quantitative estimate of drug-likeness (QED) is 0.765. The first kappa shape index (κ1) is 14.0. The van der Waals surface area contributed by atoms with Crippen LogP contribution in [0.4, 0.5) is 11.4 Å². The lowest BCUT2D eigenvalue weighted by molar-refractivity contribution is 0.504. The molecule has 0 aliphatic heterocycles. The summed E-state index contributed by atoms with van der Waals surface area (Å²) in [5.41, 5.74) is 2.56. The van der Waals surface area contributed by atoms with Crippen LogP contribution < -0.4 is 10.2 Å². The largest absolute Gasteiger partial charge is 0.385 e. The summed E-state index contributed by atoms with van der Waals surface area (Å²) in [6.45, 7) is 7.63. The van der Waals surface area contributed by atoms with Gasteiger partial charge in [0.05, 0.1) is 0 Å². The molecule has 0 amide bonds. The van der Waals surface area contributed by atoms with Gasteiger partial charge in [-0.1, -0.05) is 12.2 Å². The molecule has 104 valence electrons. The summed E-state index contributed by atoms with van der Waals surface area (Å²) in [7, 11) is 0. The number of hydrogen-bond acceptors (Lipinski definition) is 2. The van der Waals surface area contributed by atoms with E-state index in [0.29, 0.717) is 0 Å². The predicted molar refractivity (Wildman–Crippen MR) is 85.0 cm³/mol. The van der Waals surface area contributed by atoms with Gasteiger partial charge < -0.3 is 10.2 Å². The molecule has 0 spiro atoms. The van der Waals surface area contributed by atoms with Crippen molar-refractivity contribution in [1.82, 2.24) is 0 Å². The molecule has 1 N–H and O–H groups in total. The summed E-state index contributed by atoms with van der Waals surface area (Å²) in [4.78, 5) is 2.37. The first-order chi connectivity index (χ1) is 9.33. The Balaban J connectivity index is 1.86. The van der Waals surface area contributed by atoms with Crippen LogP contribution in [-0.4, -0.2) is 19.6 Å². The Kier molecular flexibility index (Phi) is 5.31. The number of nitrogens with one attached hydrogen (secondary N) is 1. The molecule has 0 saturated heterocycles. The topological polar surface area (TPSA) is 15.3 Å². The first-order valence-corrected chi connectivity index (χ1v) is 7.57. The Morgan fingerprint density at radius 3 is 2.42 bits per heavy atom. The molecule has 0 aromatic heterocycles. The number of hydrogen-bond donors (Lipinski definition) is 1. The third kappa shape index (κ3) is 4.02. The molecule has 0 heterocycles. The molecule has 19 heavy (non-hydrogen) atoms. The second-order valence-corrected chi connectivity index (χ2v) is 5.25. The molecule has 1 aromatic rings. The van der Waals surface area contributed by atoms with Crippen LogP contribution >= 0.6 is 0 Å². The lowest BCUT2D eigenvalue weighted by atomic mass is 9.94. The highest BCUT2D eigenvalue weighted by molar-refractivity contribution is 5.55. The maximum atomic E-state index is 3.56. The minimum Gasteiger partial charge on any atom is -0.385 e. The molecule has 1 aliphatic carbocycles. The molecule has 1 atom stereocenters. The lowest BCUT2D eigenvalue weighted by Crippen LogP contribution is -2.21. The molecule has 1 unspecified atom stereocenters. The van der Waals surface area contributed by atoms with E-state index in [-0.39, 0.29) is 0 Å². The van der Waals surface area contributed by atoms with Crippen LogP contribution in [0, 0.1) is 5.92 Å². The second kappa shape index (κ2) is 7.22. The van der Waals surface area contributed by atoms with Gasteiger partial charge in [0, 0.05) is 31.0 Å². The van der Waals surface area contributed by atoms with E-state index in [0.717, 1.165) is 25.6 Å². The zero-order valence-electron chi connectivity index (χ0n) is 12.2. The van der Waals surface area contributed by atoms with Crippen LogP contribution in [0.1, 0.15) is 33.1 Å². The summed E-state index contributed by atoms with van der Waals surface area (Å²) in [5.74, 6) is 0.799. The average Bonchev–Trinajstić information content (AvgIpc) is 2.49. The Labute approximate surface area is 117 Å². The molecule has 1 aliphatic rings. The molecular formula is C17H26N2. The van der Waals surface area contributed by atoms with Gasteiger partial charge in [-0.2, -0.15) is 0 Å². The van der Waals surface area contributed by atoms with Crippen LogP contribution in [0.3, 0.4) is 0 Å². The predicted octanol–water partition coefficient (Wildman–Crippen LogP) is 4.30. The van der Waals surface area contributed by atoms with Gasteiger partial charge in [0.15, 0.2) is 0 Å². The van der Waals surface area contributed by atoms with Crippen molar-refractivity contribution >= 4 is 11.4 Å². The fourth-order valence-corrected chi connectivity index (χ4v) is 2.68. The summed E-state index contributed by atoms with van der Waals surface area (Å²) in [6, 6.07) is 8.84. The molecule has 0 fully saturated rings. The summed E-state index contributed by atoms with van der Waals surface area (Å²) < 4.78 is 0. The van der Waals surface area contributed by atoms with E-state index in [1.54, 1.807) is 0 Å². The summed E-state index contributed by atoms with van der Waals surface area (Å²) in [6.07, 6.45) is 8.41. The van der Waals surface area contributed by atoms with Gasteiger partial charge >= 0.3 is 0 Å². The molecule has 1 aromatic carbocycles. The van der Waals surface area contributed by atoms with E-state index < -0.39 is 0 Å². The maximum absolute atomic E-state index is 3.56. The molecule has 2 nitrogen and oxygen atoms in total. The minimum absolute atomic E-state index is 0.799. The number of anilines is 2. The van der Waals surface area contributed by atoms with Crippen molar-refractivity contribution < 1.29 is 0 Å². The third-order valence-electron chi connectivity index (χ3n) is 3.97. The Bertz CT molecular complexity index is 390. The number of benzene rings is 1. The van der Waals surface area contributed by atoms with Crippen molar-refractivity contribution in [2.75, 3.05) is 29.9 Å². The van der Waals surface area contributed by atoms with Crippen molar-refractivity contribution in [3.05, 3.63) is 36.4 Å². The lowest BCUT2D eigenvalue weighted by Gasteiger charge is -2.22. The molecule has 0 saturated carbocycles. The van der Waals surface area contributed by atoms with Crippen molar-refractivity contribution in [2.45, 2.75) is 33.1 Å². The molecule has 0 radical (unpaired) electrons. The SMILES string of the molecule is CCN(CC)c1ccc(NCC2CC=CCC2)cc1. The first-order valence-electron chi connectivity index (χ1n) is 7.57. The second-order valence-electron chi connectivity index (χ2n) is 5.25. The van der Waals surface area contributed by atoms with Crippen LogP contribution in [-0.2, 0) is 0 Å². The summed E-state index contributed by atoms with van der Waals surface area (Å²) >= 11 is 0. The van der Waals surface area contributed by atoms with E-state index in [9.17, 15) is 0 Å². The van der Waals surface area contributed by atoms with Crippen LogP contribution in [0.15, 0.2) is 36.4 Å². The highest BCUT2D eigenvalue weighted by Crippen LogP contribution is 2.21. The van der Waals surface area contributed by atoms with E-state index >= 15 is 0 Å². The van der Waals surface area contributed by atoms with Crippen LogP contribution in [0.5, 0.6) is 0 Å². The van der Waals surface area contributed by atoms with Gasteiger partial charge in [0.2, 0.25) is 0 Å². The van der Waals surface area contributed by atoms with Crippen molar-refractivity contribution in [3.8, 4) is 0 Å². The maximum Gasteiger partial charge on any atom is 0.0367 e. The van der Waals surface area contributed by atoms with Crippen LogP contribution in [0.25, 0.3) is 0 Å². The van der Waals surface area contributed by atoms with E-state index in [1.165, 1.54) is 30.6 Å². The Morgan fingerprint density at radius 2 is 1.84 bits per heavy atom. The van der Waals surface area contributed by atoms with E-state index in [4.69, 9.17) is 0 Å². The highest BCUT2D eigenvalue weighted by Gasteiger charge is 2.09. The standard InChI is InChI=1S/C17H26N2/c1-3-19(4-2)17-12-10-16(11-13-17)18-14-15-8-6-5-7-9-15/h5-6,10-13,15,18H,3-4,7-9,14H2,1-2H3. The van der Waals surface area contributed by atoms with Crippen LogP contribution in [0.2, 0.25) is 0 Å². The number of nitrogens with zero attached hydrogens (tertiary/aromatic N) is 1. The van der Waals surface area contributed by atoms with Crippen molar-refractivity contribution in [3.63, 3.8) is 0 Å². The van der Waals surface area contributed by atoms with Gasteiger partial charge in [0.25, 0.3) is 0 Å². The smallest absolute Gasteiger partial charge is 0.0367 e. The van der Waals surface area contributed by atoms with Gasteiger partial charge in [-0.25, -0.2) is 0 Å². The number of rotatable bonds is 6. The number of allylic oxidation sites excluding steroid dienone is 2. The molecule has 0 bridgehead atoms. The van der Waals surface area contributed by atoms with E-state index in [1.807, 2.05) is 0 Å². The van der Waals surface area contributed by atoms with Crippen molar-refractivity contribution in [2.24, 2.45) is 5.92 Å². The van der Waals surface area contributed by atoms with Gasteiger partial charge in [0.1, 0.15) is 0 Å². The average molecular weight is 258 g/mol. The zero-order valence-corrected chi connectivity index (χ0v) is 12.2. The third-order valence-corrected chi connectivity index (χ3v) is 3.97. The zero-order chi connectivity index (χ0) is 13.5. The van der Waals surface area contributed by atoms with Gasteiger partial charge in [-0.15, -0.1) is 0 Å². The van der Waals surface area contributed by atoms with Crippen molar-refractivity contribution in [1.29, 1.82) is 0 Å².